The van der Waals surface area contributed by atoms with Crippen molar-refractivity contribution >= 4 is 11.6 Å². The van der Waals surface area contributed by atoms with Gasteiger partial charge in [-0.05, 0) is 32.1 Å². The fraction of sp³-hybridized carbons (Fsp3) is 0.765. The van der Waals surface area contributed by atoms with Gasteiger partial charge in [-0.1, -0.05) is 26.7 Å². The van der Waals surface area contributed by atoms with Gasteiger partial charge in [-0.25, -0.2) is 9.97 Å². The van der Waals surface area contributed by atoms with E-state index in [1.807, 2.05) is 7.05 Å². The zero-order chi connectivity index (χ0) is 15.2. The maximum absolute atomic E-state index is 4.81. The predicted octanol–water partition coefficient (Wildman–Crippen LogP) is 3.80. The van der Waals surface area contributed by atoms with Crippen molar-refractivity contribution in [3.8, 4) is 0 Å². The predicted molar refractivity (Wildman–Crippen MR) is 90.2 cm³/mol. The Morgan fingerprint density at radius 1 is 1.19 bits per heavy atom. The zero-order valence-corrected chi connectivity index (χ0v) is 14.1. The van der Waals surface area contributed by atoms with Crippen LogP contribution in [-0.4, -0.2) is 30.1 Å². The van der Waals surface area contributed by atoms with Crippen molar-refractivity contribution in [1.29, 1.82) is 0 Å². The third kappa shape index (κ3) is 3.86. The van der Waals surface area contributed by atoms with Gasteiger partial charge in [-0.2, -0.15) is 0 Å². The van der Waals surface area contributed by atoms with E-state index in [1.54, 1.807) is 0 Å². The Hall–Kier alpha value is -1.32. The van der Waals surface area contributed by atoms with Gasteiger partial charge in [0.05, 0.1) is 0 Å². The van der Waals surface area contributed by atoms with Gasteiger partial charge in [0.2, 0.25) is 0 Å². The van der Waals surface area contributed by atoms with Crippen LogP contribution >= 0.6 is 0 Å². The van der Waals surface area contributed by atoms with Crippen molar-refractivity contribution in [3.63, 3.8) is 0 Å². The van der Waals surface area contributed by atoms with E-state index in [2.05, 4.69) is 36.0 Å². The lowest BCUT2D eigenvalue weighted by atomic mass is 9.96. The first-order chi connectivity index (χ1) is 10.2. The van der Waals surface area contributed by atoms with Gasteiger partial charge in [0, 0.05) is 32.1 Å². The smallest absolute Gasteiger partial charge is 0.137 e. The maximum Gasteiger partial charge on any atom is 0.137 e. The number of aryl methyl sites for hydroxylation is 1. The normalized spacial score (nSPS) is 19.4. The van der Waals surface area contributed by atoms with Gasteiger partial charge in [0.25, 0.3) is 0 Å². The van der Waals surface area contributed by atoms with Crippen LogP contribution in [0.2, 0.25) is 0 Å². The molecule has 21 heavy (non-hydrogen) atoms. The van der Waals surface area contributed by atoms with Gasteiger partial charge in [-0.3, -0.25) is 0 Å². The zero-order valence-electron chi connectivity index (χ0n) is 14.1. The second-order valence-electron chi connectivity index (χ2n) is 6.11. The molecule has 0 saturated carbocycles. The molecule has 1 atom stereocenters. The average molecular weight is 290 g/mol. The largest absolute Gasteiger partial charge is 0.373 e. The van der Waals surface area contributed by atoms with Crippen LogP contribution in [0.3, 0.4) is 0 Å². The molecule has 0 spiro atoms. The monoisotopic (exact) mass is 290 g/mol. The van der Waals surface area contributed by atoms with Gasteiger partial charge >= 0.3 is 0 Å². The summed E-state index contributed by atoms with van der Waals surface area (Å²) in [7, 11) is 1.94. The summed E-state index contributed by atoms with van der Waals surface area (Å²) in [6, 6.07) is 0. The molecule has 1 aliphatic rings. The number of anilines is 2. The topological polar surface area (TPSA) is 41.1 Å². The van der Waals surface area contributed by atoms with Gasteiger partial charge in [0.15, 0.2) is 0 Å². The summed E-state index contributed by atoms with van der Waals surface area (Å²) in [5.41, 5.74) is 1.18. The van der Waals surface area contributed by atoms with E-state index in [1.165, 1.54) is 37.7 Å². The van der Waals surface area contributed by atoms with Crippen molar-refractivity contribution in [3.05, 3.63) is 11.4 Å². The summed E-state index contributed by atoms with van der Waals surface area (Å²) < 4.78 is 0. The average Bonchev–Trinajstić information content (AvgIpc) is 2.73. The molecule has 1 aromatic rings. The van der Waals surface area contributed by atoms with Gasteiger partial charge in [-0.15, -0.1) is 0 Å². The molecule has 1 aromatic heterocycles. The third-order valence-electron chi connectivity index (χ3n) is 4.56. The minimum atomic E-state index is 0.883. The number of hydrogen-bond acceptors (Lipinski definition) is 4. The molecule has 1 unspecified atom stereocenters. The molecule has 1 saturated heterocycles. The Bertz CT molecular complexity index is 458. The Kier molecular flexibility index (Phi) is 5.83. The summed E-state index contributed by atoms with van der Waals surface area (Å²) >= 11 is 0. The van der Waals surface area contributed by atoms with Gasteiger partial charge in [0.1, 0.15) is 17.5 Å². The molecule has 118 valence electrons. The fourth-order valence-corrected chi connectivity index (χ4v) is 3.33. The van der Waals surface area contributed by atoms with Crippen LogP contribution in [0.5, 0.6) is 0 Å². The second kappa shape index (κ2) is 7.62. The van der Waals surface area contributed by atoms with Crippen LogP contribution in [0.15, 0.2) is 0 Å². The number of nitrogens with one attached hydrogen (secondary N) is 1. The number of hydrogen-bond donors (Lipinski definition) is 1. The van der Waals surface area contributed by atoms with E-state index >= 15 is 0 Å². The van der Waals surface area contributed by atoms with Crippen LogP contribution < -0.4 is 10.2 Å². The lowest BCUT2D eigenvalue weighted by Crippen LogP contribution is -2.27. The highest BCUT2D eigenvalue weighted by molar-refractivity contribution is 5.58. The molecule has 1 aliphatic heterocycles. The summed E-state index contributed by atoms with van der Waals surface area (Å²) in [5, 5.41) is 3.22. The molecule has 0 bridgehead atoms. The third-order valence-corrected chi connectivity index (χ3v) is 4.56. The van der Waals surface area contributed by atoms with Crippen LogP contribution in [-0.2, 0) is 6.42 Å². The molecule has 0 radical (unpaired) electrons. The molecule has 1 N–H and O–H groups in total. The molecule has 0 amide bonds. The maximum atomic E-state index is 4.81. The van der Waals surface area contributed by atoms with E-state index in [9.17, 15) is 0 Å². The van der Waals surface area contributed by atoms with E-state index in [4.69, 9.17) is 4.98 Å². The molecule has 4 nitrogen and oxygen atoms in total. The standard InChI is InChI=1S/C17H30N4/c1-5-8-14-9-7-11-21(12-10-14)17-13(3)16(18-4)19-15(6-2)20-17/h14H,5-12H2,1-4H3,(H,18,19,20). The second-order valence-corrected chi connectivity index (χ2v) is 6.11. The lowest BCUT2D eigenvalue weighted by Gasteiger charge is -2.25. The highest BCUT2D eigenvalue weighted by Crippen LogP contribution is 2.28. The first-order valence-corrected chi connectivity index (χ1v) is 8.49. The number of nitrogens with zero attached hydrogens (tertiary/aromatic N) is 3. The van der Waals surface area contributed by atoms with Crippen LogP contribution in [0.1, 0.15) is 57.3 Å². The number of rotatable bonds is 5. The Morgan fingerprint density at radius 2 is 2.00 bits per heavy atom. The van der Waals surface area contributed by atoms with Gasteiger partial charge < -0.3 is 10.2 Å². The van der Waals surface area contributed by atoms with Crippen molar-refractivity contribution in [1.82, 2.24) is 9.97 Å². The van der Waals surface area contributed by atoms with E-state index in [0.29, 0.717) is 0 Å². The van der Waals surface area contributed by atoms with Crippen molar-refractivity contribution in [2.24, 2.45) is 5.92 Å². The summed E-state index contributed by atoms with van der Waals surface area (Å²) in [6.45, 7) is 8.81. The van der Waals surface area contributed by atoms with Crippen molar-refractivity contribution < 1.29 is 0 Å². The van der Waals surface area contributed by atoms with Crippen molar-refractivity contribution in [2.45, 2.75) is 59.3 Å². The van der Waals surface area contributed by atoms with Crippen LogP contribution in [0.25, 0.3) is 0 Å². The van der Waals surface area contributed by atoms with E-state index in [-0.39, 0.29) is 0 Å². The highest BCUT2D eigenvalue weighted by atomic mass is 15.2. The fourth-order valence-electron chi connectivity index (χ4n) is 3.33. The molecule has 1 fully saturated rings. The van der Waals surface area contributed by atoms with E-state index in [0.717, 1.165) is 42.9 Å². The minimum absolute atomic E-state index is 0.883. The molecule has 0 aromatic carbocycles. The SMILES string of the molecule is CCCC1CCCN(c2nc(CC)nc(NC)c2C)CC1. The quantitative estimate of drug-likeness (QED) is 0.895. The summed E-state index contributed by atoms with van der Waals surface area (Å²) in [6.07, 6.45) is 7.51. The summed E-state index contributed by atoms with van der Waals surface area (Å²) in [5.74, 6) is 3.96. The summed E-state index contributed by atoms with van der Waals surface area (Å²) in [4.78, 5) is 11.9. The minimum Gasteiger partial charge on any atom is -0.373 e. The lowest BCUT2D eigenvalue weighted by molar-refractivity contribution is 0.435. The molecular weight excluding hydrogens is 260 g/mol. The Labute approximate surface area is 129 Å². The Morgan fingerprint density at radius 3 is 2.67 bits per heavy atom. The first kappa shape index (κ1) is 16.1. The van der Waals surface area contributed by atoms with Crippen molar-refractivity contribution in [2.75, 3.05) is 30.4 Å². The molecule has 2 rings (SSSR count). The highest BCUT2D eigenvalue weighted by Gasteiger charge is 2.20. The van der Waals surface area contributed by atoms with Crippen LogP contribution in [0, 0.1) is 12.8 Å². The number of aromatic nitrogens is 2. The molecule has 2 heterocycles. The molecule has 0 aliphatic carbocycles. The molecular formula is C17H30N4. The molecule has 4 heteroatoms. The first-order valence-electron chi connectivity index (χ1n) is 8.49. The Balaban J connectivity index is 2.20. The van der Waals surface area contributed by atoms with E-state index < -0.39 is 0 Å². The van der Waals surface area contributed by atoms with Crippen LogP contribution in [0.4, 0.5) is 11.6 Å².